The van der Waals surface area contributed by atoms with E-state index in [4.69, 9.17) is 17.3 Å². The van der Waals surface area contributed by atoms with E-state index in [9.17, 15) is 10.1 Å². The topological polar surface area (TPSA) is 72.4 Å². The number of nitro benzene ring substituents is 1. The number of nitrogen functional groups attached to an aromatic ring is 1. The van der Waals surface area contributed by atoms with Crippen molar-refractivity contribution in [3.8, 4) is 0 Å². The lowest BCUT2D eigenvalue weighted by atomic mass is 10.2. The Morgan fingerprint density at radius 1 is 0.792 bits per heavy atom. The van der Waals surface area contributed by atoms with E-state index in [0.29, 0.717) is 10.7 Å². The average molecular weight is 340 g/mol. The Hall–Kier alpha value is -3.05. The molecular formula is C18H14ClN3O2. The van der Waals surface area contributed by atoms with Gasteiger partial charge in [-0.2, -0.15) is 0 Å². The first kappa shape index (κ1) is 15.8. The molecule has 0 spiro atoms. The number of non-ortho nitro benzene ring substituents is 1. The maximum atomic E-state index is 10.9. The van der Waals surface area contributed by atoms with Gasteiger partial charge in [-0.1, -0.05) is 11.6 Å². The average Bonchev–Trinajstić information content (AvgIpc) is 2.59. The normalized spacial score (nSPS) is 10.4. The van der Waals surface area contributed by atoms with Crippen molar-refractivity contribution in [3.05, 3.63) is 87.9 Å². The molecule has 2 N–H and O–H groups in total. The van der Waals surface area contributed by atoms with E-state index < -0.39 is 4.92 Å². The molecule has 5 nitrogen and oxygen atoms in total. The van der Waals surface area contributed by atoms with Crippen molar-refractivity contribution in [2.24, 2.45) is 0 Å². The quantitative estimate of drug-likeness (QED) is 0.397. The van der Waals surface area contributed by atoms with Crippen LogP contribution in [0.15, 0.2) is 72.8 Å². The summed E-state index contributed by atoms with van der Waals surface area (Å²) in [5.74, 6) is 0. The molecule has 0 saturated carbocycles. The molecule has 120 valence electrons. The minimum absolute atomic E-state index is 0.0483. The lowest BCUT2D eigenvalue weighted by molar-refractivity contribution is -0.384. The Labute approximate surface area is 144 Å². The number of nitrogens with two attached hydrogens (primary N) is 1. The molecule has 0 aliphatic carbocycles. The minimum Gasteiger partial charge on any atom is -0.399 e. The summed E-state index contributed by atoms with van der Waals surface area (Å²) in [6, 6.07) is 21.2. The summed E-state index contributed by atoms with van der Waals surface area (Å²) in [4.78, 5) is 12.4. The molecule has 0 saturated heterocycles. The number of nitro groups is 1. The molecule has 0 unspecified atom stereocenters. The van der Waals surface area contributed by atoms with Gasteiger partial charge in [-0.15, -0.1) is 0 Å². The van der Waals surface area contributed by atoms with Gasteiger partial charge in [0.25, 0.3) is 5.69 Å². The SMILES string of the molecule is Nc1ccc(N(c2ccc(Cl)cc2)c2ccc([N+](=O)[O-])cc2)cc1. The van der Waals surface area contributed by atoms with Gasteiger partial charge in [0, 0.05) is 39.9 Å². The number of nitrogens with zero attached hydrogens (tertiary/aromatic N) is 2. The van der Waals surface area contributed by atoms with E-state index in [1.807, 2.05) is 41.3 Å². The summed E-state index contributed by atoms with van der Waals surface area (Å²) in [6.45, 7) is 0. The number of hydrogen-bond donors (Lipinski definition) is 1. The van der Waals surface area contributed by atoms with E-state index in [2.05, 4.69) is 0 Å². The van der Waals surface area contributed by atoms with Crippen molar-refractivity contribution in [3.63, 3.8) is 0 Å². The number of anilines is 4. The second kappa shape index (κ2) is 6.60. The number of halogens is 1. The molecule has 0 amide bonds. The zero-order valence-corrected chi connectivity index (χ0v) is 13.4. The third kappa shape index (κ3) is 3.31. The summed E-state index contributed by atoms with van der Waals surface area (Å²) in [5.41, 5.74) is 9.05. The van der Waals surface area contributed by atoms with Gasteiger partial charge >= 0.3 is 0 Å². The molecule has 0 atom stereocenters. The van der Waals surface area contributed by atoms with E-state index in [1.165, 1.54) is 12.1 Å². The van der Waals surface area contributed by atoms with Gasteiger partial charge in [0.05, 0.1) is 4.92 Å². The van der Waals surface area contributed by atoms with Crippen molar-refractivity contribution in [2.75, 3.05) is 10.6 Å². The van der Waals surface area contributed by atoms with E-state index >= 15 is 0 Å². The predicted molar refractivity (Wildman–Crippen MR) is 97.2 cm³/mol. The van der Waals surface area contributed by atoms with Gasteiger partial charge in [0.1, 0.15) is 0 Å². The molecule has 0 aliphatic rings. The zero-order valence-electron chi connectivity index (χ0n) is 12.6. The second-order valence-electron chi connectivity index (χ2n) is 5.18. The monoisotopic (exact) mass is 339 g/mol. The molecule has 24 heavy (non-hydrogen) atoms. The fourth-order valence-corrected chi connectivity index (χ4v) is 2.51. The Balaban J connectivity index is 2.08. The van der Waals surface area contributed by atoms with Crippen LogP contribution in [0.4, 0.5) is 28.4 Å². The van der Waals surface area contributed by atoms with Crippen LogP contribution in [-0.2, 0) is 0 Å². The molecule has 0 heterocycles. The summed E-state index contributed by atoms with van der Waals surface area (Å²) in [5, 5.41) is 11.5. The van der Waals surface area contributed by atoms with Crippen molar-refractivity contribution < 1.29 is 4.92 Å². The molecule has 0 bridgehead atoms. The highest BCUT2D eigenvalue weighted by molar-refractivity contribution is 6.30. The van der Waals surface area contributed by atoms with Crippen LogP contribution in [-0.4, -0.2) is 4.92 Å². The molecule has 6 heteroatoms. The Bertz CT molecular complexity index is 801. The molecule has 3 aromatic rings. The highest BCUT2D eigenvalue weighted by atomic mass is 35.5. The lowest BCUT2D eigenvalue weighted by Gasteiger charge is -2.25. The highest BCUT2D eigenvalue weighted by Crippen LogP contribution is 2.35. The second-order valence-corrected chi connectivity index (χ2v) is 5.61. The van der Waals surface area contributed by atoms with Gasteiger partial charge in [-0.3, -0.25) is 10.1 Å². The van der Waals surface area contributed by atoms with Crippen LogP contribution in [0.25, 0.3) is 0 Å². The first-order valence-electron chi connectivity index (χ1n) is 7.20. The van der Waals surface area contributed by atoms with Crippen LogP contribution in [0.2, 0.25) is 5.02 Å². The Morgan fingerprint density at radius 2 is 1.21 bits per heavy atom. The first-order chi connectivity index (χ1) is 11.5. The van der Waals surface area contributed by atoms with Crippen LogP contribution in [0.5, 0.6) is 0 Å². The van der Waals surface area contributed by atoms with Crippen molar-refractivity contribution >= 4 is 40.0 Å². The Morgan fingerprint density at radius 3 is 1.67 bits per heavy atom. The molecule has 3 aromatic carbocycles. The summed E-state index contributed by atoms with van der Waals surface area (Å²) < 4.78 is 0. The highest BCUT2D eigenvalue weighted by Gasteiger charge is 2.14. The van der Waals surface area contributed by atoms with Crippen LogP contribution >= 0.6 is 11.6 Å². The summed E-state index contributed by atoms with van der Waals surface area (Å²) >= 11 is 5.97. The zero-order chi connectivity index (χ0) is 17.1. The summed E-state index contributed by atoms with van der Waals surface area (Å²) in [6.07, 6.45) is 0. The maximum Gasteiger partial charge on any atom is 0.269 e. The maximum absolute atomic E-state index is 10.9. The first-order valence-corrected chi connectivity index (χ1v) is 7.58. The van der Waals surface area contributed by atoms with E-state index in [1.54, 1.807) is 24.3 Å². The smallest absolute Gasteiger partial charge is 0.269 e. The predicted octanol–water partition coefficient (Wildman–Crippen LogP) is 5.30. The molecule has 0 fully saturated rings. The molecule has 0 radical (unpaired) electrons. The van der Waals surface area contributed by atoms with E-state index in [-0.39, 0.29) is 5.69 Å². The van der Waals surface area contributed by atoms with Gasteiger partial charge in [0.2, 0.25) is 0 Å². The standard InChI is InChI=1S/C18H14ClN3O2/c19-13-1-5-15(6-2-13)21(16-7-3-14(20)4-8-16)17-9-11-18(12-10-17)22(23)24/h1-12H,20H2. The minimum atomic E-state index is -0.417. The van der Waals surface area contributed by atoms with Crippen molar-refractivity contribution in [1.82, 2.24) is 0 Å². The third-order valence-electron chi connectivity index (χ3n) is 3.55. The fraction of sp³-hybridized carbons (Fsp3) is 0. The van der Waals surface area contributed by atoms with Gasteiger partial charge in [0.15, 0.2) is 0 Å². The van der Waals surface area contributed by atoms with Gasteiger partial charge < -0.3 is 10.6 Å². The van der Waals surface area contributed by atoms with Gasteiger partial charge in [-0.05, 0) is 60.7 Å². The molecule has 0 aromatic heterocycles. The molecular weight excluding hydrogens is 326 g/mol. The molecule has 3 rings (SSSR count). The van der Waals surface area contributed by atoms with Crippen LogP contribution in [0, 0.1) is 10.1 Å². The fourth-order valence-electron chi connectivity index (χ4n) is 2.38. The van der Waals surface area contributed by atoms with E-state index in [0.717, 1.165) is 17.1 Å². The van der Waals surface area contributed by atoms with Crippen molar-refractivity contribution in [2.45, 2.75) is 0 Å². The van der Waals surface area contributed by atoms with Crippen LogP contribution in [0.1, 0.15) is 0 Å². The van der Waals surface area contributed by atoms with Crippen molar-refractivity contribution in [1.29, 1.82) is 0 Å². The Kier molecular flexibility index (Phi) is 4.35. The summed E-state index contributed by atoms with van der Waals surface area (Å²) in [7, 11) is 0. The number of hydrogen-bond acceptors (Lipinski definition) is 4. The number of benzene rings is 3. The largest absolute Gasteiger partial charge is 0.399 e. The number of rotatable bonds is 4. The molecule has 0 aliphatic heterocycles. The van der Waals surface area contributed by atoms with Gasteiger partial charge in [-0.25, -0.2) is 0 Å². The lowest BCUT2D eigenvalue weighted by Crippen LogP contribution is -2.09. The third-order valence-corrected chi connectivity index (χ3v) is 3.81. The van der Waals surface area contributed by atoms with Crippen LogP contribution in [0.3, 0.4) is 0 Å². The van der Waals surface area contributed by atoms with Crippen LogP contribution < -0.4 is 10.6 Å².